The molecule has 0 saturated carbocycles. The Labute approximate surface area is 189 Å². The van der Waals surface area contributed by atoms with Crippen LogP contribution in [0.3, 0.4) is 0 Å². The summed E-state index contributed by atoms with van der Waals surface area (Å²) in [6.45, 7) is 4.77. The highest BCUT2D eigenvalue weighted by atomic mass is 35.5. The fourth-order valence-corrected chi connectivity index (χ4v) is 4.53. The average Bonchev–Trinajstić information content (AvgIpc) is 3.25. The Bertz CT molecular complexity index is 1280. The minimum Gasteiger partial charge on any atom is -0.368 e. The maximum Gasteiger partial charge on any atom is 0.149 e. The Balaban J connectivity index is 1.33. The SMILES string of the molecule is Cc1c(N2CCN(c3ccc(F)cc3F)CC2)ccnc1Nc1cc(Cl)c2cc[nH]c2c1. The lowest BCUT2D eigenvalue weighted by molar-refractivity contribution is 0.570. The van der Waals surface area contributed by atoms with E-state index in [1.54, 1.807) is 6.20 Å². The third kappa shape index (κ3) is 3.84. The molecule has 1 saturated heterocycles. The molecule has 3 heterocycles. The third-order valence-electron chi connectivity index (χ3n) is 5.93. The van der Waals surface area contributed by atoms with Gasteiger partial charge in [0.05, 0.1) is 10.7 Å². The Hall–Kier alpha value is -3.32. The van der Waals surface area contributed by atoms with Crippen LogP contribution in [0.5, 0.6) is 0 Å². The molecule has 0 radical (unpaired) electrons. The second-order valence-electron chi connectivity index (χ2n) is 7.90. The molecule has 8 heteroatoms. The van der Waals surface area contributed by atoms with Gasteiger partial charge in [0.2, 0.25) is 0 Å². The van der Waals surface area contributed by atoms with E-state index in [0.29, 0.717) is 23.8 Å². The molecule has 0 atom stereocenters. The van der Waals surface area contributed by atoms with Crippen LogP contribution in [0.2, 0.25) is 5.02 Å². The molecule has 4 aromatic rings. The Morgan fingerprint density at radius 1 is 0.969 bits per heavy atom. The standard InChI is InChI=1S/C24H22ClF2N5/c1-15-22(31-8-10-32(11-9-31)23-3-2-16(26)12-20(23)27)5-7-29-24(15)30-17-13-19(25)18-4-6-28-21(18)14-17/h2-7,12-14,28H,8-11H2,1H3,(H,29,30). The van der Waals surface area contributed by atoms with Crippen LogP contribution in [-0.2, 0) is 0 Å². The van der Waals surface area contributed by atoms with E-state index in [1.807, 2.05) is 42.3 Å². The van der Waals surface area contributed by atoms with Gasteiger partial charge in [0.1, 0.15) is 17.5 Å². The molecular weight excluding hydrogens is 432 g/mol. The van der Waals surface area contributed by atoms with Crippen molar-refractivity contribution in [3.63, 3.8) is 0 Å². The lowest BCUT2D eigenvalue weighted by Gasteiger charge is -2.38. The number of rotatable bonds is 4. The molecule has 0 aliphatic carbocycles. The number of aromatic nitrogens is 2. The van der Waals surface area contributed by atoms with Crippen LogP contribution in [0.15, 0.2) is 54.9 Å². The van der Waals surface area contributed by atoms with E-state index in [2.05, 4.69) is 20.2 Å². The first kappa shape index (κ1) is 20.6. The number of pyridine rings is 1. The fourth-order valence-electron chi connectivity index (χ4n) is 4.25. The van der Waals surface area contributed by atoms with E-state index in [0.717, 1.165) is 52.8 Å². The lowest BCUT2D eigenvalue weighted by atomic mass is 10.1. The number of hydrogen-bond donors (Lipinski definition) is 2. The van der Waals surface area contributed by atoms with Crippen molar-refractivity contribution in [1.29, 1.82) is 0 Å². The highest BCUT2D eigenvalue weighted by molar-refractivity contribution is 6.35. The van der Waals surface area contributed by atoms with Gasteiger partial charge in [0, 0.05) is 72.5 Å². The van der Waals surface area contributed by atoms with Crippen LogP contribution in [0.25, 0.3) is 10.9 Å². The van der Waals surface area contributed by atoms with Gasteiger partial charge in [-0.15, -0.1) is 0 Å². The fraction of sp³-hybridized carbons (Fsp3) is 0.208. The van der Waals surface area contributed by atoms with Gasteiger partial charge in [-0.1, -0.05) is 11.6 Å². The maximum atomic E-state index is 14.2. The Kier molecular flexibility index (Phi) is 5.35. The summed E-state index contributed by atoms with van der Waals surface area (Å²) in [5.74, 6) is -0.326. The second-order valence-corrected chi connectivity index (χ2v) is 8.30. The summed E-state index contributed by atoms with van der Waals surface area (Å²) in [4.78, 5) is 11.9. The van der Waals surface area contributed by atoms with Gasteiger partial charge in [-0.05, 0) is 43.3 Å². The minimum absolute atomic E-state index is 0.441. The van der Waals surface area contributed by atoms with Crippen molar-refractivity contribution in [2.24, 2.45) is 0 Å². The summed E-state index contributed by atoms with van der Waals surface area (Å²) in [5.41, 5.74) is 4.36. The highest BCUT2D eigenvalue weighted by Crippen LogP contribution is 2.32. The number of fused-ring (bicyclic) bond motifs is 1. The van der Waals surface area contributed by atoms with Crippen LogP contribution in [0, 0.1) is 18.6 Å². The Morgan fingerprint density at radius 2 is 1.72 bits per heavy atom. The maximum absolute atomic E-state index is 14.2. The smallest absolute Gasteiger partial charge is 0.149 e. The van der Waals surface area contributed by atoms with Crippen molar-refractivity contribution in [1.82, 2.24) is 9.97 Å². The van der Waals surface area contributed by atoms with Gasteiger partial charge in [0.25, 0.3) is 0 Å². The van der Waals surface area contributed by atoms with Crippen LogP contribution in [-0.4, -0.2) is 36.1 Å². The van der Waals surface area contributed by atoms with Gasteiger partial charge >= 0.3 is 0 Å². The lowest BCUT2D eigenvalue weighted by Crippen LogP contribution is -2.47. The first-order chi connectivity index (χ1) is 15.5. The van der Waals surface area contributed by atoms with Crippen LogP contribution in [0.4, 0.5) is 31.7 Å². The minimum atomic E-state index is -0.561. The zero-order chi connectivity index (χ0) is 22.2. The van der Waals surface area contributed by atoms with Gasteiger partial charge in [-0.25, -0.2) is 13.8 Å². The molecule has 5 nitrogen and oxygen atoms in total. The van der Waals surface area contributed by atoms with E-state index < -0.39 is 11.6 Å². The second kappa shape index (κ2) is 8.31. The number of anilines is 4. The van der Waals surface area contributed by atoms with Crippen molar-refractivity contribution in [3.05, 3.63) is 77.1 Å². The van der Waals surface area contributed by atoms with Gasteiger partial charge < -0.3 is 20.1 Å². The topological polar surface area (TPSA) is 47.2 Å². The van der Waals surface area contributed by atoms with E-state index in [-0.39, 0.29) is 0 Å². The predicted octanol–water partition coefficient (Wildman–Crippen LogP) is 5.87. The first-order valence-electron chi connectivity index (χ1n) is 10.4. The van der Waals surface area contributed by atoms with Gasteiger partial charge in [-0.3, -0.25) is 0 Å². The predicted molar refractivity (Wildman–Crippen MR) is 126 cm³/mol. The molecule has 0 unspecified atom stereocenters. The first-order valence-corrected chi connectivity index (χ1v) is 10.8. The number of nitrogens with zero attached hydrogens (tertiary/aromatic N) is 3. The zero-order valence-corrected chi connectivity index (χ0v) is 18.3. The quantitative estimate of drug-likeness (QED) is 0.405. The molecule has 2 aromatic carbocycles. The van der Waals surface area contributed by atoms with E-state index in [9.17, 15) is 8.78 Å². The van der Waals surface area contributed by atoms with Crippen LogP contribution >= 0.6 is 11.6 Å². The van der Waals surface area contributed by atoms with Crippen molar-refractivity contribution in [2.45, 2.75) is 6.92 Å². The molecule has 5 rings (SSSR count). The summed E-state index contributed by atoms with van der Waals surface area (Å²) < 4.78 is 27.4. The number of H-pyrrole nitrogens is 1. The molecule has 0 amide bonds. The highest BCUT2D eigenvalue weighted by Gasteiger charge is 2.22. The number of nitrogens with one attached hydrogen (secondary N) is 2. The monoisotopic (exact) mass is 453 g/mol. The molecular formula is C24H22ClF2N5. The molecule has 1 fully saturated rings. The average molecular weight is 454 g/mol. The number of piperazine rings is 1. The molecule has 1 aliphatic heterocycles. The summed E-state index contributed by atoms with van der Waals surface area (Å²) in [7, 11) is 0. The van der Waals surface area contributed by atoms with E-state index in [1.165, 1.54) is 12.1 Å². The summed E-state index contributed by atoms with van der Waals surface area (Å²) in [5, 5.41) is 5.03. The molecule has 0 bridgehead atoms. The van der Waals surface area contributed by atoms with Gasteiger partial charge in [0.15, 0.2) is 0 Å². The Morgan fingerprint density at radius 3 is 2.47 bits per heavy atom. The zero-order valence-electron chi connectivity index (χ0n) is 17.5. The largest absolute Gasteiger partial charge is 0.368 e. The summed E-state index contributed by atoms with van der Waals surface area (Å²) >= 11 is 6.41. The normalized spacial score (nSPS) is 14.2. The molecule has 1 aliphatic rings. The van der Waals surface area contributed by atoms with Crippen LogP contribution < -0.4 is 15.1 Å². The van der Waals surface area contributed by atoms with Gasteiger partial charge in [-0.2, -0.15) is 0 Å². The van der Waals surface area contributed by atoms with Crippen molar-refractivity contribution in [3.8, 4) is 0 Å². The number of aromatic amines is 1. The van der Waals surface area contributed by atoms with Crippen LogP contribution in [0.1, 0.15) is 5.56 Å². The van der Waals surface area contributed by atoms with E-state index in [4.69, 9.17) is 11.6 Å². The summed E-state index contributed by atoms with van der Waals surface area (Å²) in [6, 6.07) is 11.6. The molecule has 32 heavy (non-hydrogen) atoms. The molecule has 2 aromatic heterocycles. The van der Waals surface area contributed by atoms with E-state index >= 15 is 0 Å². The van der Waals surface area contributed by atoms with Crippen molar-refractivity contribution in [2.75, 3.05) is 41.3 Å². The third-order valence-corrected chi connectivity index (χ3v) is 6.24. The number of halogens is 3. The molecule has 164 valence electrons. The summed E-state index contributed by atoms with van der Waals surface area (Å²) in [6.07, 6.45) is 3.65. The van der Waals surface area contributed by atoms with Crippen molar-refractivity contribution < 1.29 is 8.78 Å². The van der Waals surface area contributed by atoms with Crippen molar-refractivity contribution >= 4 is 45.4 Å². The molecule has 2 N–H and O–H groups in total. The number of hydrogen-bond acceptors (Lipinski definition) is 4. The molecule has 0 spiro atoms. The number of benzene rings is 2.